The molecule has 0 radical (unpaired) electrons. The van der Waals surface area contributed by atoms with E-state index in [1.54, 1.807) is 72.8 Å². The van der Waals surface area contributed by atoms with Gasteiger partial charge in [0.2, 0.25) is 0 Å². The van der Waals surface area contributed by atoms with Crippen LogP contribution >= 0.6 is 28.4 Å². The number of ether oxygens (including phenoxy) is 2. The first-order valence-electron chi connectivity index (χ1n) is 39.5. The first kappa shape index (κ1) is 87.7. The summed E-state index contributed by atoms with van der Waals surface area (Å²) < 4.78 is 26.5. The van der Waals surface area contributed by atoms with Crippen LogP contribution in [0.3, 0.4) is 0 Å². The molecule has 3 aliphatic rings. The lowest BCUT2D eigenvalue weighted by molar-refractivity contribution is 0.111. The second-order valence-corrected chi connectivity index (χ2v) is 29.9. The molecule has 14 heteroatoms. The van der Waals surface area contributed by atoms with Crippen molar-refractivity contribution in [2.75, 3.05) is 0 Å². The molecule has 0 aromatic heterocycles. The number of aliphatic hydroxyl groups excluding tert-OH is 1. The number of aromatic hydroxyl groups is 3. The Kier molecular flexibility index (Phi) is 44.3. The number of phenolic OH excluding ortho intramolecular Hbond substituents is 3. The predicted octanol–water partition coefficient (Wildman–Crippen LogP) is 25.7. The van der Waals surface area contributed by atoms with Gasteiger partial charge in [-0.3, -0.25) is 9.59 Å². The van der Waals surface area contributed by atoms with E-state index in [0.29, 0.717) is 30.1 Å². The largest absolute Gasteiger partial charge is 0.508 e. The maximum atomic E-state index is 10.2. The van der Waals surface area contributed by atoms with E-state index >= 15 is 0 Å². The van der Waals surface area contributed by atoms with Gasteiger partial charge in [-0.2, -0.15) is 0 Å². The molecule has 0 aliphatic heterocycles. The third kappa shape index (κ3) is 37.0. The minimum Gasteiger partial charge on any atom is -0.508 e. The van der Waals surface area contributed by atoms with E-state index in [2.05, 4.69) is 110 Å². The summed E-state index contributed by atoms with van der Waals surface area (Å²) in [6.07, 6.45) is 43.5. The molecule has 0 amide bonds. The van der Waals surface area contributed by atoms with Gasteiger partial charge in [-0.1, -0.05) is 248 Å². The second-order valence-electron chi connectivity index (χ2n) is 29.2. The van der Waals surface area contributed by atoms with Crippen LogP contribution in [0.5, 0.6) is 46.0 Å². The first-order valence-corrected chi connectivity index (χ1v) is 40.9. The van der Waals surface area contributed by atoms with Gasteiger partial charge in [-0.05, 0) is 229 Å². The van der Waals surface area contributed by atoms with Crippen molar-refractivity contribution in [1.29, 1.82) is 0 Å². The number of phenols is 3. The van der Waals surface area contributed by atoms with Crippen molar-refractivity contribution in [3.05, 3.63) is 239 Å². The van der Waals surface area contributed by atoms with Crippen molar-refractivity contribution in [3.63, 3.8) is 0 Å². The number of hydrogen-bond acceptors (Lipinski definition) is 11. The number of unbranched alkanes of at least 4 members (excludes halogenated alkanes) is 6. The third-order valence-electron chi connectivity index (χ3n) is 21.1. The molecule has 580 valence electrons. The quantitative estimate of drug-likeness (QED) is 0.0176. The number of carbonyl (C=O) groups is 2. The van der Waals surface area contributed by atoms with Crippen LogP contribution in [0.25, 0.3) is 0 Å². The lowest BCUT2D eigenvalue weighted by Crippen LogP contribution is -2.15. The summed E-state index contributed by atoms with van der Waals surface area (Å²) in [6, 6.07) is 60.3. The molecule has 11 nitrogen and oxygen atoms in total. The number of aldehydes is 2. The van der Waals surface area contributed by atoms with E-state index in [-0.39, 0.29) is 22.4 Å². The maximum absolute atomic E-state index is 10.2. The minimum atomic E-state index is 0. The van der Waals surface area contributed by atoms with Crippen LogP contribution in [0, 0.1) is 35.5 Å². The Morgan fingerprint density at radius 2 is 0.538 bits per heavy atom. The average Bonchev–Trinajstić information content (AvgIpc) is 0.880. The van der Waals surface area contributed by atoms with Gasteiger partial charge in [0.1, 0.15) is 71.8 Å². The van der Waals surface area contributed by atoms with E-state index in [0.717, 1.165) is 93.5 Å². The Morgan fingerprint density at radius 3 is 0.811 bits per heavy atom. The van der Waals surface area contributed by atoms with Crippen LogP contribution in [0.1, 0.15) is 253 Å². The maximum Gasteiger partial charge on any atom is 0.150 e. The zero-order valence-electron chi connectivity index (χ0n) is 63.8. The number of aliphatic hydroxyl groups is 1. The summed E-state index contributed by atoms with van der Waals surface area (Å²) in [5, 5.41) is 36.0. The van der Waals surface area contributed by atoms with E-state index < -0.39 is 0 Å². The van der Waals surface area contributed by atoms with Gasteiger partial charge in [0.15, 0.2) is 0 Å². The molecule has 3 atom stereocenters. The lowest BCUT2D eigenvalue weighted by Gasteiger charge is -2.28. The van der Waals surface area contributed by atoms with Gasteiger partial charge < -0.3 is 43.5 Å². The van der Waals surface area contributed by atoms with Crippen molar-refractivity contribution in [2.24, 2.45) is 35.5 Å². The second kappa shape index (κ2) is 53.5. The van der Waals surface area contributed by atoms with Crippen LogP contribution in [0.15, 0.2) is 194 Å². The van der Waals surface area contributed by atoms with E-state index in [4.69, 9.17) is 33.3 Å². The smallest absolute Gasteiger partial charge is 0.150 e. The lowest BCUT2D eigenvalue weighted by atomic mass is 9.78. The zero-order valence-corrected chi connectivity index (χ0v) is 67.3. The number of benzene rings is 8. The average molecular weight is 1510 g/mol. The van der Waals surface area contributed by atoms with Crippen LogP contribution < -0.4 is 23.0 Å². The highest BCUT2D eigenvalue weighted by atomic mass is 31.0. The monoisotopic (exact) mass is 1510 g/mol. The normalized spacial score (nSPS) is 17.2. The predicted molar refractivity (Wildman–Crippen MR) is 453 cm³/mol. The molecule has 0 saturated heterocycles. The summed E-state index contributed by atoms with van der Waals surface area (Å²) in [6.45, 7) is 8.08. The highest BCUT2D eigenvalue weighted by Gasteiger charge is 2.23. The highest BCUT2D eigenvalue weighted by molar-refractivity contribution is 7.10. The van der Waals surface area contributed by atoms with Gasteiger partial charge >= 0.3 is 0 Å². The molecule has 0 heterocycles. The van der Waals surface area contributed by atoms with Crippen LogP contribution in [0.2, 0.25) is 0 Å². The molecule has 8 aromatic carbocycles. The molecule has 4 N–H and O–H groups in total. The van der Waals surface area contributed by atoms with Gasteiger partial charge in [0.05, 0.1) is 35.0 Å². The molecular formula is C92H131O11P3. The van der Waals surface area contributed by atoms with Gasteiger partial charge in [-0.15, -0.1) is 0 Å². The fraction of sp³-hybridized carbons (Fsp3) is 0.457. The van der Waals surface area contributed by atoms with Crippen molar-refractivity contribution < 1.29 is 57.3 Å². The van der Waals surface area contributed by atoms with Crippen molar-refractivity contribution in [1.82, 2.24) is 0 Å². The van der Waals surface area contributed by atoms with Crippen molar-refractivity contribution in [2.45, 2.75) is 233 Å². The Morgan fingerprint density at radius 1 is 0.311 bits per heavy atom. The van der Waals surface area contributed by atoms with E-state index in [1.165, 1.54) is 221 Å². The summed E-state index contributed by atoms with van der Waals surface area (Å²) in [5.74, 6) is 10.9. The van der Waals surface area contributed by atoms with Gasteiger partial charge in [-0.25, -0.2) is 0 Å². The molecule has 3 fully saturated rings. The fourth-order valence-corrected chi connectivity index (χ4v) is 14.7. The molecule has 106 heavy (non-hydrogen) atoms. The molecule has 3 unspecified atom stereocenters. The van der Waals surface area contributed by atoms with Gasteiger partial charge in [0, 0.05) is 15.4 Å². The summed E-state index contributed by atoms with van der Waals surface area (Å²) in [7, 11) is 6.56. The molecule has 8 aromatic rings. The Bertz CT molecular complexity index is 3490. The Labute approximate surface area is 648 Å². The number of aryl methyl sites for hydroxylation is 3. The Balaban J connectivity index is 0.000000357. The molecular weight excluding hydrogens is 1370 g/mol. The first-order chi connectivity index (χ1) is 51.8. The molecule has 3 saturated carbocycles. The van der Waals surface area contributed by atoms with E-state index in [1.807, 2.05) is 48.5 Å². The molecule has 0 spiro atoms. The van der Waals surface area contributed by atoms with E-state index in [9.17, 15) is 19.8 Å². The SMILES string of the molecule is CCCCCC1CCC(CCc2ccc(O)cc2)CC1.CCCCCC1CCC(CCc2ccc(OCc3ccc(O)cc3)cc2)CC1.CCCCCC1CCC(CCc2ccc(OCc3ccc(OP)cc3)cc2)CC1.O=Cc1ccc(O)cc1.O=Cc1ccc(OP)cc1.OCc1ccc(OP)cc1.[3HH].[3HH].[3HH]. The molecule has 0 bridgehead atoms. The van der Waals surface area contributed by atoms with Crippen LogP contribution in [-0.2, 0) is 39.1 Å². The van der Waals surface area contributed by atoms with Crippen molar-refractivity contribution in [3.8, 4) is 46.0 Å². The summed E-state index contributed by atoms with van der Waals surface area (Å²) >= 11 is 0. The van der Waals surface area contributed by atoms with Crippen LogP contribution in [0.4, 0.5) is 0 Å². The van der Waals surface area contributed by atoms with Gasteiger partial charge in [0.25, 0.3) is 0 Å². The molecule has 11 rings (SSSR count). The number of rotatable bonds is 33. The zero-order chi connectivity index (χ0) is 75.6. The topological polar surface area (TPSA) is 161 Å². The fourth-order valence-electron chi connectivity index (χ4n) is 14.2. The third-order valence-corrected chi connectivity index (χ3v) is 21.9. The summed E-state index contributed by atoms with van der Waals surface area (Å²) in [5.41, 5.74) is 8.56. The molecule has 3 aliphatic carbocycles. The number of carbonyl (C=O) groups excluding carboxylic acids is 2. The van der Waals surface area contributed by atoms with Crippen LogP contribution in [-0.4, -0.2) is 33.0 Å². The van der Waals surface area contributed by atoms with Crippen molar-refractivity contribution >= 4 is 41.0 Å². The standard InChI is InChI=1S/C26H37O2P.C26H36O2.C19H30O.C7H9O2P.C7H7O2P.C7H6O2.3H2/c1-2-3-4-5-21-6-8-22(9-7-21)10-11-23-12-16-25(17-13-23)27-20-24-14-18-26(28-29)19-15-24;1-2-3-4-5-21-6-8-22(9-7-21)10-11-23-14-18-26(19-15-23)28-20-24-12-16-25(27)17-13-24;1-2-3-4-5-16-6-8-17(9-7-16)10-11-18-12-14-19(20)15-13-18;2*8-5-6-1-3-7(9-10)4-2-6;8-5-6-1-3-7(9)4-2-6;;;/h12-19,21-22H,2-11,20,29H2,1H3;12-19,21-22,27H,2-11,20H2,1H3;12-17,20H,2-11H2,1H3;1-4,8H,5,10H2;1-5H,10H2;1-5,9H;3*1H/i;;;;;;3*1+2. The number of hydrogen-bond donors (Lipinski definition) is 4. The Hall–Kier alpha value is -7.25. The summed E-state index contributed by atoms with van der Waals surface area (Å²) in [4.78, 5) is 20.2. The minimum absolute atomic E-state index is 0. The highest BCUT2D eigenvalue weighted by Crippen LogP contribution is 2.38.